The first kappa shape index (κ1) is 14.6. The average molecular weight is 279 g/mol. The summed E-state index contributed by atoms with van der Waals surface area (Å²) in [7, 11) is 5.32. The van der Waals surface area contributed by atoms with Crippen LogP contribution < -0.4 is 16.2 Å². The van der Waals surface area contributed by atoms with Crippen LogP contribution in [0.25, 0.3) is 6.08 Å². The van der Waals surface area contributed by atoms with Gasteiger partial charge in [0.25, 0.3) is 0 Å². The Morgan fingerprint density at radius 2 is 2.22 bits per heavy atom. The van der Waals surface area contributed by atoms with Crippen molar-refractivity contribution in [3.63, 3.8) is 0 Å². The topological polar surface area (TPSA) is 61.3 Å². The van der Waals surface area contributed by atoms with Crippen molar-refractivity contribution in [3.8, 4) is 5.75 Å². The van der Waals surface area contributed by atoms with Crippen molar-refractivity contribution >= 4 is 48.2 Å². The third-order valence-corrected chi connectivity index (χ3v) is 2.49. The summed E-state index contributed by atoms with van der Waals surface area (Å²) in [6.45, 7) is 3.76. The molecule has 0 aromatic heterocycles. The van der Waals surface area contributed by atoms with Crippen LogP contribution in [0, 0.1) is 0 Å². The molecule has 0 amide bonds. The van der Waals surface area contributed by atoms with Gasteiger partial charge in [0.15, 0.2) is 0 Å². The quantitative estimate of drug-likeness (QED) is 0.375. The molecule has 92 valence electrons. The van der Waals surface area contributed by atoms with Gasteiger partial charge in [0.2, 0.25) is 0 Å². The van der Waals surface area contributed by atoms with Gasteiger partial charge in [-0.05, 0) is 22.5 Å². The molecule has 2 radical (unpaired) electrons. The van der Waals surface area contributed by atoms with E-state index in [1.54, 1.807) is 18.2 Å². The molecule has 1 aromatic carbocycles. The Labute approximate surface area is 118 Å². The lowest BCUT2D eigenvalue weighted by Crippen LogP contribution is -2.11. The molecule has 4 N–H and O–H groups in total. The highest BCUT2D eigenvalue weighted by Crippen LogP contribution is 2.30. The SMILES string of the molecule is [B]C(=S)/C=C(\N)COc1cc(N)c(C=C)cc1Cl. The number of nitrogen functional groups attached to an aromatic ring is 1. The maximum absolute atomic E-state index is 6.03. The minimum Gasteiger partial charge on any atom is -0.486 e. The van der Waals surface area contributed by atoms with E-state index in [1.165, 1.54) is 6.08 Å². The van der Waals surface area contributed by atoms with Gasteiger partial charge in [-0.15, -0.1) is 0 Å². The van der Waals surface area contributed by atoms with Gasteiger partial charge in [0, 0.05) is 17.5 Å². The predicted octanol–water partition coefficient (Wildman–Crippen LogP) is 2.28. The molecule has 6 heteroatoms. The van der Waals surface area contributed by atoms with E-state index in [4.69, 9.17) is 47.9 Å². The molecule has 1 rings (SSSR count). The molecule has 0 aliphatic heterocycles. The van der Waals surface area contributed by atoms with Crippen molar-refractivity contribution in [2.75, 3.05) is 12.3 Å². The van der Waals surface area contributed by atoms with Crippen molar-refractivity contribution in [3.05, 3.63) is 41.1 Å². The summed E-state index contributed by atoms with van der Waals surface area (Å²) in [4.78, 5) is 0. The second-order valence-electron chi connectivity index (χ2n) is 3.53. The second kappa shape index (κ2) is 6.47. The number of thiocarbonyl (C=S) groups is 1. The zero-order valence-corrected chi connectivity index (χ0v) is 11.2. The zero-order chi connectivity index (χ0) is 13.7. The first-order valence-electron chi connectivity index (χ1n) is 5.03. The van der Waals surface area contributed by atoms with Crippen molar-refractivity contribution in [1.82, 2.24) is 0 Å². The molecule has 18 heavy (non-hydrogen) atoms. The lowest BCUT2D eigenvalue weighted by atomic mass is 10.0. The Morgan fingerprint density at radius 1 is 1.56 bits per heavy atom. The van der Waals surface area contributed by atoms with E-state index in [0.717, 1.165) is 5.56 Å². The van der Waals surface area contributed by atoms with E-state index in [9.17, 15) is 0 Å². The van der Waals surface area contributed by atoms with Crippen molar-refractivity contribution in [1.29, 1.82) is 0 Å². The van der Waals surface area contributed by atoms with Crippen LogP contribution in [0.2, 0.25) is 5.02 Å². The maximum Gasteiger partial charge on any atom is 0.140 e. The molecular formula is C12H12BClN2OS. The number of hydrogen-bond donors (Lipinski definition) is 2. The summed E-state index contributed by atoms with van der Waals surface area (Å²) in [5.41, 5.74) is 13.1. The first-order chi connectivity index (χ1) is 8.43. The van der Waals surface area contributed by atoms with Gasteiger partial charge in [-0.3, -0.25) is 0 Å². The summed E-state index contributed by atoms with van der Waals surface area (Å²) in [5.74, 6) is 0.444. The minimum absolute atomic E-state index is 0.129. The molecule has 0 unspecified atom stereocenters. The number of anilines is 1. The highest BCUT2D eigenvalue weighted by atomic mass is 35.5. The van der Waals surface area contributed by atoms with Crippen LogP contribution in [0.1, 0.15) is 5.56 Å². The normalized spacial score (nSPS) is 11.1. The van der Waals surface area contributed by atoms with Gasteiger partial charge >= 0.3 is 0 Å². The van der Waals surface area contributed by atoms with E-state index in [0.29, 0.717) is 22.2 Å². The molecule has 0 atom stereocenters. The molecular weight excluding hydrogens is 266 g/mol. The zero-order valence-electron chi connectivity index (χ0n) is 9.65. The van der Waals surface area contributed by atoms with E-state index < -0.39 is 0 Å². The van der Waals surface area contributed by atoms with Crippen LogP contribution in [-0.2, 0) is 0 Å². The predicted molar refractivity (Wildman–Crippen MR) is 82.1 cm³/mol. The molecule has 0 fully saturated rings. The first-order valence-corrected chi connectivity index (χ1v) is 5.82. The van der Waals surface area contributed by atoms with Gasteiger partial charge in [0.1, 0.15) is 20.2 Å². The summed E-state index contributed by atoms with van der Waals surface area (Å²) in [6.07, 6.45) is 3.07. The van der Waals surface area contributed by atoms with E-state index in [1.807, 2.05) is 0 Å². The fourth-order valence-electron chi connectivity index (χ4n) is 1.26. The van der Waals surface area contributed by atoms with Crippen LogP contribution in [0.3, 0.4) is 0 Å². The van der Waals surface area contributed by atoms with Crippen molar-refractivity contribution < 1.29 is 4.74 Å². The summed E-state index contributed by atoms with van der Waals surface area (Å²) in [5, 5.41) is 0.433. The fourth-order valence-corrected chi connectivity index (χ4v) is 1.64. The van der Waals surface area contributed by atoms with Gasteiger partial charge in [-0.25, -0.2) is 0 Å². The lowest BCUT2D eigenvalue weighted by Gasteiger charge is -2.10. The molecule has 0 spiro atoms. The summed E-state index contributed by atoms with van der Waals surface area (Å²) >= 11 is 10.7. The third kappa shape index (κ3) is 4.09. The number of rotatable bonds is 5. The Bertz CT molecular complexity index is 517. The molecule has 0 aliphatic carbocycles. The highest BCUT2D eigenvalue weighted by molar-refractivity contribution is 7.83. The molecule has 0 bridgehead atoms. The van der Waals surface area contributed by atoms with Crippen molar-refractivity contribution in [2.45, 2.75) is 0 Å². The van der Waals surface area contributed by atoms with Gasteiger partial charge in [-0.2, -0.15) is 0 Å². The molecule has 3 nitrogen and oxygen atoms in total. The van der Waals surface area contributed by atoms with Crippen LogP contribution >= 0.6 is 23.8 Å². The van der Waals surface area contributed by atoms with E-state index in [2.05, 4.69) is 6.58 Å². The standard InChI is InChI=1S/C12H12BClN2OS/c1-2-7-3-9(14)11(5-10(7)16)17-6-8(15)4-12(13)18/h2-5H,1,6,15-16H2/b8-4-. The lowest BCUT2D eigenvalue weighted by molar-refractivity contribution is 0.351. The molecule has 1 aromatic rings. The van der Waals surface area contributed by atoms with Gasteiger partial charge in [0.05, 0.1) is 5.02 Å². The van der Waals surface area contributed by atoms with Crippen molar-refractivity contribution in [2.24, 2.45) is 5.73 Å². The maximum atomic E-state index is 6.03. The molecule has 0 saturated carbocycles. The minimum atomic E-state index is 0.129. The number of nitrogens with two attached hydrogens (primary N) is 2. The summed E-state index contributed by atoms with van der Waals surface area (Å²) < 4.78 is 5.62. The van der Waals surface area contributed by atoms with E-state index >= 15 is 0 Å². The Hall–Kier alpha value is -1.46. The van der Waals surface area contributed by atoms with E-state index in [-0.39, 0.29) is 11.4 Å². The third-order valence-electron chi connectivity index (χ3n) is 2.08. The van der Waals surface area contributed by atoms with Gasteiger partial charge in [-0.1, -0.05) is 36.5 Å². The highest BCUT2D eigenvalue weighted by Gasteiger charge is 2.06. The van der Waals surface area contributed by atoms with Gasteiger partial charge < -0.3 is 16.2 Å². The number of hydrogen-bond acceptors (Lipinski definition) is 4. The van der Waals surface area contributed by atoms with Crippen LogP contribution in [-0.4, -0.2) is 19.2 Å². The number of halogens is 1. The monoisotopic (exact) mass is 278 g/mol. The fraction of sp³-hybridized carbons (Fsp3) is 0.0833. The van der Waals surface area contributed by atoms with Crippen LogP contribution in [0.15, 0.2) is 30.5 Å². The number of ether oxygens (including phenoxy) is 1. The number of benzene rings is 1. The van der Waals surface area contributed by atoms with Crippen LogP contribution in [0.5, 0.6) is 5.75 Å². The molecule has 0 saturated heterocycles. The smallest absolute Gasteiger partial charge is 0.140 e. The Balaban J connectivity index is 2.83. The summed E-state index contributed by atoms with van der Waals surface area (Å²) in [6, 6.07) is 3.29. The molecule has 0 aliphatic rings. The van der Waals surface area contributed by atoms with Crippen LogP contribution in [0.4, 0.5) is 5.69 Å². The largest absolute Gasteiger partial charge is 0.486 e. The Morgan fingerprint density at radius 3 is 2.78 bits per heavy atom. The average Bonchev–Trinajstić information content (AvgIpc) is 2.28. The molecule has 0 heterocycles. The Kier molecular flexibility index (Phi) is 5.25. The number of allylic oxidation sites excluding steroid dienone is 1. The second-order valence-corrected chi connectivity index (χ2v) is 4.40.